The quantitative estimate of drug-likeness (QED) is 0.831. The normalized spacial score (nSPS) is 35.0. The molecule has 3 atom stereocenters. The number of rotatable bonds is 2. The Hall–Kier alpha value is -1.50. The average Bonchev–Trinajstić information content (AvgIpc) is 3.04. The van der Waals surface area contributed by atoms with Gasteiger partial charge in [-0.15, -0.1) is 0 Å². The maximum atomic E-state index is 12.3. The number of amides is 2. The van der Waals surface area contributed by atoms with E-state index in [4.69, 9.17) is 9.47 Å². The Morgan fingerprint density at radius 3 is 2.79 bits per heavy atom. The molecule has 0 aliphatic carbocycles. The van der Waals surface area contributed by atoms with E-state index in [1.807, 2.05) is 11.8 Å². The van der Waals surface area contributed by atoms with Crippen LogP contribution in [0, 0.1) is 0 Å². The minimum atomic E-state index is -0.303. The van der Waals surface area contributed by atoms with Gasteiger partial charge in [0.25, 0.3) is 0 Å². The lowest BCUT2D eigenvalue weighted by Gasteiger charge is -2.42. The molecule has 3 unspecified atom stereocenters. The van der Waals surface area contributed by atoms with E-state index in [1.165, 1.54) is 6.42 Å². The second-order valence-corrected chi connectivity index (χ2v) is 7.52. The number of alkyl carbamates (subject to hydrolysis) is 1. The highest BCUT2D eigenvalue weighted by atomic mass is 16.6. The van der Waals surface area contributed by atoms with E-state index in [2.05, 4.69) is 10.2 Å². The molecule has 7 heteroatoms. The van der Waals surface area contributed by atoms with Crippen LogP contribution in [0.3, 0.4) is 0 Å². The Bertz CT molecular complexity index is 518. The lowest BCUT2D eigenvalue weighted by Crippen LogP contribution is -2.54. The van der Waals surface area contributed by atoms with E-state index < -0.39 is 0 Å². The first-order chi connectivity index (χ1) is 11.6. The van der Waals surface area contributed by atoms with E-state index in [0.29, 0.717) is 25.2 Å². The molecule has 0 radical (unpaired) electrons. The molecular weight excluding hydrogens is 310 g/mol. The van der Waals surface area contributed by atoms with Gasteiger partial charge < -0.3 is 19.7 Å². The summed E-state index contributed by atoms with van der Waals surface area (Å²) in [5.41, 5.74) is -0.303. The van der Waals surface area contributed by atoms with Crippen molar-refractivity contribution in [3.63, 3.8) is 0 Å². The Morgan fingerprint density at radius 1 is 1.33 bits per heavy atom. The molecule has 4 fully saturated rings. The zero-order valence-corrected chi connectivity index (χ0v) is 14.3. The first-order valence-corrected chi connectivity index (χ1v) is 9.28. The largest absolute Gasteiger partial charge is 0.450 e. The molecule has 7 nitrogen and oxygen atoms in total. The second-order valence-electron chi connectivity index (χ2n) is 7.52. The topological polar surface area (TPSA) is 71.1 Å². The summed E-state index contributed by atoms with van der Waals surface area (Å²) >= 11 is 0. The Balaban J connectivity index is 1.42. The maximum Gasteiger partial charge on any atom is 0.410 e. The van der Waals surface area contributed by atoms with Gasteiger partial charge in [-0.3, -0.25) is 4.90 Å². The van der Waals surface area contributed by atoms with E-state index in [9.17, 15) is 9.59 Å². The fraction of sp³-hybridized carbons (Fsp3) is 0.882. The molecule has 0 aromatic heterocycles. The number of carbonyl (C=O) groups excluding carboxylic acids is 2. The summed E-state index contributed by atoms with van der Waals surface area (Å²) in [7, 11) is 0. The first kappa shape index (κ1) is 16.0. The molecule has 1 spiro atoms. The third-order valence-electron chi connectivity index (χ3n) is 6.27. The zero-order chi connectivity index (χ0) is 16.7. The fourth-order valence-corrected chi connectivity index (χ4v) is 5.08. The van der Waals surface area contributed by atoms with Crippen molar-refractivity contribution >= 4 is 12.2 Å². The molecule has 2 amide bonds. The number of piperidine rings is 2. The number of nitrogens with one attached hydrogen (secondary N) is 1. The van der Waals surface area contributed by atoms with Crippen LogP contribution in [0.1, 0.15) is 45.4 Å². The van der Waals surface area contributed by atoms with Gasteiger partial charge in [0.15, 0.2) is 0 Å². The standard InChI is InChI=1S/C17H27N3O4/c1-2-23-16(22)20-12-4-3-5-13(20)14(10-12)19-8-6-17(7-9-19)11-18-15(21)24-17/h12-14H,2-11H2,1H3,(H,18,21). The Morgan fingerprint density at radius 2 is 2.12 bits per heavy atom. The summed E-state index contributed by atoms with van der Waals surface area (Å²) in [5.74, 6) is 0. The number of likely N-dealkylation sites (tertiary alicyclic amines) is 1. The van der Waals surface area contributed by atoms with Crippen molar-refractivity contribution in [2.45, 2.75) is 69.2 Å². The number of nitrogens with zero attached hydrogens (tertiary/aromatic N) is 2. The predicted octanol–water partition coefficient (Wildman–Crippen LogP) is 1.71. The van der Waals surface area contributed by atoms with Crippen LogP contribution >= 0.6 is 0 Å². The summed E-state index contributed by atoms with van der Waals surface area (Å²) in [6, 6.07) is 1.03. The molecule has 134 valence electrons. The van der Waals surface area contributed by atoms with Crippen molar-refractivity contribution in [1.82, 2.24) is 15.1 Å². The highest BCUT2D eigenvalue weighted by Crippen LogP contribution is 2.41. The Kier molecular flexibility index (Phi) is 4.06. The van der Waals surface area contributed by atoms with Crippen molar-refractivity contribution < 1.29 is 19.1 Å². The summed E-state index contributed by atoms with van der Waals surface area (Å²) in [6.07, 6.45) is 5.72. The van der Waals surface area contributed by atoms with Crippen molar-refractivity contribution in [2.75, 3.05) is 26.2 Å². The van der Waals surface area contributed by atoms with Crippen LogP contribution in [0.5, 0.6) is 0 Å². The third kappa shape index (κ3) is 2.62. The van der Waals surface area contributed by atoms with Crippen LogP contribution in [0.25, 0.3) is 0 Å². The van der Waals surface area contributed by atoms with Crippen molar-refractivity contribution in [2.24, 2.45) is 0 Å². The molecule has 2 bridgehead atoms. The Labute approximate surface area is 142 Å². The van der Waals surface area contributed by atoms with Gasteiger partial charge in [-0.2, -0.15) is 0 Å². The maximum absolute atomic E-state index is 12.3. The molecule has 0 aromatic carbocycles. The molecule has 4 aliphatic heterocycles. The molecule has 4 aliphatic rings. The van der Waals surface area contributed by atoms with E-state index in [-0.39, 0.29) is 23.8 Å². The highest BCUT2D eigenvalue weighted by molar-refractivity contribution is 5.70. The molecule has 24 heavy (non-hydrogen) atoms. The lowest BCUT2D eigenvalue weighted by molar-refractivity contribution is -0.0154. The number of carbonyl (C=O) groups is 2. The smallest absolute Gasteiger partial charge is 0.410 e. The van der Waals surface area contributed by atoms with Gasteiger partial charge in [0.2, 0.25) is 0 Å². The molecule has 4 saturated heterocycles. The van der Waals surface area contributed by atoms with Gasteiger partial charge in [0, 0.05) is 38.0 Å². The number of hydrogen-bond donors (Lipinski definition) is 1. The molecular formula is C17H27N3O4. The van der Waals surface area contributed by atoms with Crippen LogP contribution in [0.4, 0.5) is 9.59 Å². The van der Waals surface area contributed by atoms with Crippen molar-refractivity contribution in [3.8, 4) is 0 Å². The van der Waals surface area contributed by atoms with Crippen LogP contribution in [-0.2, 0) is 9.47 Å². The van der Waals surface area contributed by atoms with Gasteiger partial charge >= 0.3 is 12.2 Å². The van der Waals surface area contributed by atoms with Crippen molar-refractivity contribution in [1.29, 1.82) is 0 Å². The van der Waals surface area contributed by atoms with Crippen molar-refractivity contribution in [3.05, 3.63) is 0 Å². The summed E-state index contributed by atoms with van der Waals surface area (Å²) in [5, 5.41) is 2.79. The predicted molar refractivity (Wildman–Crippen MR) is 86.7 cm³/mol. The van der Waals surface area contributed by atoms with Crippen LogP contribution in [-0.4, -0.2) is 72.0 Å². The minimum Gasteiger partial charge on any atom is -0.450 e. The molecule has 0 aromatic rings. The molecule has 0 saturated carbocycles. The highest BCUT2D eigenvalue weighted by Gasteiger charge is 2.51. The van der Waals surface area contributed by atoms with Crippen LogP contribution in [0.15, 0.2) is 0 Å². The monoisotopic (exact) mass is 337 g/mol. The van der Waals surface area contributed by atoms with E-state index in [0.717, 1.165) is 45.2 Å². The SMILES string of the molecule is CCOC(=O)N1C2CCCC1C(N1CCC3(CC1)CNC(=O)O3)C2. The van der Waals surface area contributed by atoms with E-state index in [1.54, 1.807) is 0 Å². The minimum absolute atomic E-state index is 0.142. The van der Waals surface area contributed by atoms with Gasteiger partial charge in [-0.25, -0.2) is 9.59 Å². The lowest BCUT2D eigenvalue weighted by atomic mass is 9.89. The summed E-state index contributed by atoms with van der Waals surface area (Å²) < 4.78 is 10.8. The molecule has 4 rings (SSSR count). The average molecular weight is 337 g/mol. The summed E-state index contributed by atoms with van der Waals surface area (Å²) in [4.78, 5) is 28.3. The second kappa shape index (κ2) is 6.10. The van der Waals surface area contributed by atoms with Gasteiger partial charge in [-0.1, -0.05) is 0 Å². The number of hydrogen-bond acceptors (Lipinski definition) is 5. The zero-order valence-electron chi connectivity index (χ0n) is 14.3. The van der Waals surface area contributed by atoms with E-state index >= 15 is 0 Å². The molecule has 4 heterocycles. The summed E-state index contributed by atoms with van der Waals surface area (Å²) in [6.45, 7) is 4.79. The fourth-order valence-electron chi connectivity index (χ4n) is 5.08. The van der Waals surface area contributed by atoms with Gasteiger partial charge in [-0.05, 0) is 32.6 Å². The third-order valence-corrected chi connectivity index (χ3v) is 6.27. The van der Waals surface area contributed by atoms with Crippen LogP contribution < -0.4 is 5.32 Å². The van der Waals surface area contributed by atoms with Gasteiger partial charge in [0.05, 0.1) is 19.2 Å². The number of fused-ring (bicyclic) bond motifs is 2. The van der Waals surface area contributed by atoms with Gasteiger partial charge in [0.1, 0.15) is 5.60 Å². The number of ether oxygens (including phenoxy) is 2. The first-order valence-electron chi connectivity index (χ1n) is 9.28. The molecule has 1 N–H and O–H groups in total. The van der Waals surface area contributed by atoms with Crippen LogP contribution in [0.2, 0.25) is 0 Å².